The molecule has 0 bridgehead atoms. The van der Waals surface area contributed by atoms with Gasteiger partial charge in [0.1, 0.15) is 12.1 Å². The highest BCUT2D eigenvalue weighted by atomic mass is 79.9. The molecule has 1 atom stereocenters. The summed E-state index contributed by atoms with van der Waals surface area (Å²) in [6.07, 6.45) is 0.610. The maximum Gasteiger partial charge on any atom is 0.267 e. The van der Waals surface area contributed by atoms with Crippen LogP contribution in [0.4, 0.5) is 5.95 Å². The Hall–Kier alpha value is -1.60. The zero-order chi connectivity index (χ0) is 13.8. The molecule has 1 aromatic carbocycles. The number of rotatable bonds is 4. The molecule has 0 spiro atoms. The van der Waals surface area contributed by atoms with Crippen molar-refractivity contribution in [3.8, 4) is 5.75 Å². The average molecular weight is 346 g/mol. The van der Waals surface area contributed by atoms with Gasteiger partial charge in [0.25, 0.3) is 5.91 Å². The molecule has 0 saturated carbocycles. The Kier molecular flexibility index (Phi) is 4.39. The van der Waals surface area contributed by atoms with E-state index in [1.54, 1.807) is 25.1 Å². The molecule has 100 valence electrons. The van der Waals surface area contributed by atoms with Gasteiger partial charge in [-0.1, -0.05) is 11.6 Å². The molecule has 1 amide bonds. The van der Waals surface area contributed by atoms with Crippen LogP contribution in [0.1, 0.15) is 6.92 Å². The lowest BCUT2D eigenvalue weighted by atomic mass is 10.3. The van der Waals surface area contributed by atoms with Gasteiger partial charge in [0.15, 0.2) is 6.10 Å². The van der Waals surface area contributed by atoms with Crippen LogP contribution in [0.25, 0.3) is 0 Å². The number of aromatic nitrogens is 3. The van der Waals surface area contributed by atoms with Crippen molar-refractivity contribution in [2.45, 2.75) is 13.0 Å². The molecule has 0 fully saturated rings. The summed E-state index contributed by atoms with van der Waals surface area (Å²) < 4.78 is 6.21. The monoisotopic (exact) mass is 344 g/mol. The molecule has 2 aromatic rings. The van der Waals surface area contributed by atoms with E-state index in [1.165, 1.54) is 6.33 Å². The molecule has 8 heteroatoms. The van der Waals surface area contributed by atoms with E-state index in [1.807, 2.05) is 0 Å². The molecule has 1 heterocycles. The smallest absolute Gasteiger partial charge is 0.267 e. The van der Waals surface area contributed by atoms with Gasteiger partial charge >= 0.3 is 0 Å². The number of aromatic amines is 1. The summed E-state index contributed by atoms with van der Waals surface area (Å²) in [7, 11) is 0. The predicted molar refractivity (Wildman–Crippen MR) is 74.3 cm³/mol. The Labute approximate surface area is 122 Å². The van der Waals surface area contributed by atoms with Gasteiger partial charge in [-0.05, 0) is 41.1 Å². The summed E-state index contributed by atoms with van der Waals surface area (Å²) in [6.45, 7) is 1.63. The van der Waals surface area contributed by atoms with Gasteiger partial charge < -0.3 is 4.74 Å². The first-order chi connectivity index (χ1) is 9.06. The van der Waals surface area contributed by atoms with E-state index < -0.39 is 6.10 Å². The van der Waals surface area contributed by atoms with E-state index in [9.17, 15) is 4.79 Å². The minimum atomic E-state index is -0.692. The second-order valence-electron chi connectivity index (χ2n) is 3.66. The predicted octanol–water partition coefficient (Wildman–Crippen LogP) is 2.63. The lowest BCUT2D eigenvalue weighted by molar-refractivity contribution is -0.122. The summed E-state index contributed by atoms with van der Waals surface area (Å²) >= 11 is 9.14. The van der Waals surface area contributed by atoms with Crippen molar-refractivity contribution in [3.05, 3.63) is 34.0 Å². The van der Waals surface area contributed by atoms with E-state index in [-0.39, 0.29) is 11.9 Å². The Morgan fingerprint density at radius 3 is 3.00 bits per heavy atom. The molecular weight excluding hydrogens is 336 g/mol. The number of nitrogens with zero attached hydrogens (tertiary/aromatic N) is 2. The fraction of sp³-hybridized carbons (Fsp3) is 0.182. The number of hydrogen-bond donors (Lipinski definition) is 2. The fourth-order valence-electron chi connectivity index (χ4n) is 1.30. The number of benzene rings is 1. The summed E-state index contributed by atoms with van der Waals surface area (Å²) in [5, 5.41) is 9.28. The van der Waals surface area contributed by atoms with Gasteiger partial charge in [-0.15, -0.1) is 0 Å². The maximum absolute atomic E-state index is 11.8. The van der Waals surface area contributed by atoms with E-state index in [2.05, 4.69) is 36.4 Å². The lowest BCUT2D eigenvalue weighted by Crippen LogP contribution is -2.30. The summed E-state index contributed by atoms with van der Waals surface area (Å²) in [4.78, 5) is 15.6. The molecule has 2 N–H and O–H groups in total. The van der Waals surface area contributed by atoms with Crippen LogP contribution in [0.5, 0.6) is 5.75 Å². The Morgan fingerprint density at radius 1 is 1.58 bits per heavy atom. The molecule has 6 nitrogen and oxygen atoms in total. The normalized spacial score (nSPS) is 11.9. The van der Waals surface area contributed by atoms with Crippen LogP contribution >= 0.6 is 27.5 Å². The standard InChI is InChI=1S/C11H10BrClN4O2/c1-6(10(18)16-11-14-5-15-17-11)19-9-3-2-7(13)4-8(9)12/h2-6H,1H3,(H2,14,15,16,17,18)/t6-/m1/s1. The Morgan fingerprint density at radius 2 is 2.37 bits per heavy atom. The number of nitrogens with one attached hydrogen (secondary N) is 2. The van der Waals surface area contributed by atoms with Crippen LogP contribution in [0, 0.1) is 0 Å². The number of anilines is 1. The fourth-order valence-corrected chi connectivity index (χ4v) is 2.07. The van der Waals surface area contributed by atoms with Crippen molar-refractivity contribution in [3.63, 3.8) is 0 Å². The third kappa shape index (κ3) is 3.68. The van der Waals surface area contributed by atoms with Gasteiger partial charge in [0, 0.05) is 5.02 Å². The number of amides is 1. The summed E-state index contributed by atoms with van der Waals surface area (Å²) in [5.41, 5.74) is 0. The lowest BCUT2D eigenvalue weighted by Gasteiger charge is -2.14. The van der Waals surface area contributed by atoms with E-state index in [0.29, 0.717) is 15.2 Å². The van der Waals surface area contributed by atoms with E-state index in [4.69, 9.17) is 16.3 Å². The molecule has 0 aliphatic heterocycles. The minimum absolute atomic E-state index is 0.274. The van der Waals surface area contributed by atoms with E-state index >= 15 is 0 Å². The minimum Gasteiger partial charge on any atom is -0.480 e. The number of halogens is 2. The van der Waals surface area contributed by atoms with Crippen molar-refractivity contribution >= 4 is 39.4 Å². The molecular formula is C11H10BrClN4O2. The molecule has 0 radical (unpaired) electrons. The number of carbonyl (C=O) groups excluding carboxylic acids is 1. The van der Waals surface area contributed by atoms with Gasteiger partial charge in [-0.2, -0.15) is 10.1 Å². The van der Waals surface area contributed by atoms with Crippen LogP contribution in [-0.2, 0) is 4.79 Å². The first kappa shape index (κ1) is 13.8. The third-order valence-corrected chi connectivity index (χ3v) is 3.08. The van der Waals surface area contributed by atoms with Crippen LogP contribution < -0.4 is 10.1 Å². The van der Waals surface area contributed by atoms with Crippen molar-refractivity contribution in [2.75, 3.05) is 5.32 Å². The first-order valence-corrected chi connectivity index (χ1v) is 6.51. The van der Waals surface area contributed by atoms with Crippen LogP contribution in [0.15, 0.2) is 29.0 Å². The molecule has 19 heavy (non-hydrogen) atoms. The Balaban J connectivity index is 2.00. The second kappa shape index (κ2) is 6.03. The topological polar surface area (TPSA) is 79.9 Å². The van der Waals surface area contributed by atoms with Gasteiger partial charge in [0.05, 0.1) is 4.47 Å². The average Bonchev–Trinajstić information content (AvgIpc) is 2.85. The highest BCUT2D eigenvalue weighted by molar-refractivity contribution is 9.10. The molecule has 0 aliphatic carbocycles. The first-order valence-electron chi connectivity index (χ1n) is 5.34. The zero-order valence-electron chi connectivity index (χ0n) is 9.85. The quantitative estimate of drug-likeness (QED) is 0.892. The summed E-state index contributed by atoms with van der Waals surface area (Å²) in [6, 6.07) is 5.06. The molecule has 0 unspecified atom stereocenters. The van der Waals surface area contributed by atoms with Gasteiger partial charge in [-0.3, -0.25) is 10.1 Å². The third-order valence-electron chi connectivity index (χ3n) is 2.22. The SMILES string of the molecule is C[C@@H](Oc1ccc(Cl)cc1Br)C(=O)Nc1ncn[nH]1. The largest absolute Gasteiger partial charge is 0.480 e. The highest BCUT2D eigenvalue weighted by Crippen LogP contribution is 2.28. The van der Waals surface area contributed by atoms with Crippen LogP contribution in [0.2, 0.25) is 5.02 Å². The van der Waals surface area contributed by atoms with Crippen LogP contribution in [-0.4, -0.2) is 27.2 Å². The summed E-state index contributed by atoms with van der Waals surface area (Å²) in [5.74, 6) is 0.471. The second-order valence-corrected chi connectivity index (χ2v) is 4.95. The van der Waals surface area contributed by atoms with Crippen molar-refractivity contribution in [1.29, 1.82) is 0 Å². The maximum atomic E-state index is 11.8. The van der Waals surface area contributed by atoms with Crippen molar-refractivity contribution in [2.24, 2.45) is 0 Å². The van der Waals surface area contributed by atoms with Crippen LogP contribution in [0.3, 0.4) is 0 Å². The van der Waals surface area contributed by atoms with E-state index in [0.717, 1.165) is 0 Å². The number of hydrogen-bond acceptors (Lipinski definition) is 4. The molecule has 0 saturated heterocycles. The zero-order valence-corrected chi connectivity index (χ0v) is 12.2. The molecule has 0 aliphatic rings. The van der Waals surface area contributed by atoms with Crippen molar-refractivity contribution in [1.82, 2.24) is 15.2 Å². The Bertz CT molecular complexity index is 576. The van der Waals surface area contributed by atoms with Gasteiger partial charge in [-0.25, -0.2) is 5.10 Å². The number of H-pyrrole nitrogens is 1. The molecule has 2 rings (SSSR count). The van der Waals surface area contributed by atoms with Gasteiger partial charge in [0.2, 0.25) is 5.95 Å². The number of carbonyl (C=O) groups is 1. The van der Waals surface area contributed by atoms with Crippen molar-refractivity contribution < 1.29 is 9.53 Å². The molecule has 1 aromatic heterocycles. The number of ether oxygens (including phenoxy) is 1. The highest BCUT2D eigenvalue weighted by Gasteiger charge is 2.17.